The molecule has 0 aliphatic rings. The largest absolute Gasteiger partial charge is 0.464 e. The van der Waals surface area contributed by atoms with Crippen LogP contribution in [0.25, 0.3) is 11.3 Å². The van der Waals surface area contributed by atoms with Crippen LogP contribution in [0, 0.1) is 0 Å². The number of methoxy groups -OCH3 is 1. The minimum atomic E-state index is -0.597. The Balaban J connectivity index is 2.14. The van der Waals surface area contributed by atoms with Crippen molar-refractivity contribution in [3.05, 3.63) is 23.3 Å². The molecule has 1 amide bonds. The van der Waals surface area contributed by atoms with E-state index in [2.05, 4.69) is 20.0 Å². The second-order valence-electron chi connectivity index (χ2n) is 4.11. The zero-order chi connectivity index (χ0) is 14.7. The lowest BCUT2D eigenvalue weighted by atomic mass is 10.2. The predicted molar refractivity (Wildman–Crippen MR) is 75.5 cm³/mol. The van der Waals surface area contributed by atoms with Gasteiger partial charge in [-0.05, 0) is 13.0 Å². The third-order valence-corrected chi connectivity index (χ3v) is 3.29. The van der Waals surface area contributed by atoms with Gasteiger partial charge in [-0.2, -0.15) is 0 Å². The first-order valence-electron chi connectivity index (χ1n) is 5.80. The standard InChI is InChI=1S/C12H14N4O3S/c1-6(13)10(17)16-12-15-9(5-20-12)7-3-8(14-4-7)11(18)19-2/h3-6,14H,13H2,1-2H3,(H,15,16,17). The van der Waals surface area contributed by atoms with Gasteiger partial charge in [0.2, 0.25) is 5.91 Å². The van der Waals surface area contributed by atoms with Gasteiger partial charge >= 0.3 is 5.97 Å². The van der Waals surface area contributed by atoms with E-state index in [1.165, 1.54) is 18.4 Å². The van der Waals surface area contributed by atoms with Gasteiger partial charge in [0.05, 0.1) is 18.8 Å². The molecule has 0 saturated carbocycles. The fourth-order valence-electron chi connectivity index (χ4n) is 1.45. The minimum Gasteiger partial charge on any atom is -0.464 e. The van der Waals surface area contributed by atoms with Gasteiger partial charge < -0.3 is 20.8 Å². The Morgan fingerprint density at radius 3 is 2.95 bits per heavy atom. The van der Waals surface area contributed by atoms with Gasteiger partial charge in [-0.25, -0.2) is 9.78 Å². The van der Waals surface area contributed by atoms with Gasteiger partial charge in [0, 0.05) is 17.1 Å². The lowest BCUT2D eigenvalue weighted by Crippen LogP contribution is -2.32. The molecule has 7 nitrogen and oxygen atoms in total. The average Bonchev–Trinajstić information content (AvgIpc) is 3.05. The minimum absolute atomic E-state index is 0.296. The number of carbonyl (C=O) groups is 2. The second-order valence-corrected chi connectivity index (χ2v) is 4.97. The molecule has 20 heavy (non-hydrogen) atoms. The second kappa shape index (κ2) is 5.85. The third-order valence-electron chi connectivity index (χ3n) is 2.53. The van der Waals surface area contributed by atoms with E-state index in [4.69, 9.17) is 5.73 Å². The molecule has 2 aromatic heterocycles. The number of amides is 1. The Kier molecular flexibility index (Phi) is 4.16. The number of H-pyrrole nitrogens is 1. The molecule has 0 spiro atoms. The van der Waals surface area contributed by atoms with Crippen molar-refractivity contribution in [3.8, 4) is 11.3 Å². The van der Waals surface area contributed by atoms with Gasteiger partial charge in [-0.3, -0.25) is 4.79 Å². The fraction of sp³-hybridized carbons (Fsp3) is 0.250. The van der Waals surface area contributed by atoms with E-state index < -0.39 is 12.0 Å². The zero-order valence-corrected chi connectivity index (χ0v) is 11.8. The van der Waals surface area contributed by atoms with Crippen LogP contribution in [0.5, 0.6) is 0 Å². The molecule has 0 aliphatic heterocycles. The number of esters is 1. The van der Waals surface area contributed by atoms with Crippen molar-refractivity contribution in [1.29, 1.82) is 0 Å². The van der Waals surface area contributed by atoms with Crippen LogP contribution in [0.1, 0.15) is 17.4 Å². The molecular formula is C12H14N4O3S. The Labute approximate surface area is 119 Å². The van der Waals surface area contributed by atoms with Gasteiger partial charge in [0.1, 0.15) is 5.69 Å². The first kappa shape index (κ1) is 14.2. The maximum absolute atomic E-state index is 11.5. The van der Waals surface area contributed by atoms with Gasteiger partial charge in [0.15, 0.2) is 5.13 Å². The molecule has 2 rings (SSSR count). The number of anilines is 1. The topological polar surface area (TPSA) is 110 Å². The molecule has 0 radical (unpaired) electrons. The summed E-state index contributed by atoms with van der Waals surface area (Å²) in [5.41, 5.74) is 7.20. The molecule has 1 atom stereocenters. The van der Waals surface area contributed by atoms with Crippen molar-refractivity contribution >= 4 is 28.3 Å². The molecule has 0 bridgehead atoms. The third kappa shape index (κ3) is 3.03. The SMILES string of the molecule is COC(=O)c1cc(-c2csc(NC(=O)C(C)N)n2)c[nH]1. The van der Waals surface area contributed by atoms with Crippen molar-refractivity contribution in [3.63, 3.8) is 0 Å². The van der Waals surface area contributed by atoms with E-state index in [0.29, 0.717) is 16.5 Å². The summed E-state index contributed by atoms with van der Waals surface area (Å²) in [5.74, 6) is -0.743. The van der Waals surface area contributed by atoms with Crippen molar-refractivity contribution in [2.24, 2.45) is 5.73 Å². The van der Waals surface area contributed by atoms with Crippen LogP contribution < -0.4 is 11.1 Å². The molecule has 4 N–H and O–H groups in total. The lowest BCUT2D eigenvalue weighted by Gasteiger charge is -2.03. The van der Waals surface area contributed by atoms with Crippen LogP contribution in [-0.2, 0) is 9.53 Å². The number of rotatable bonds is 4. The number of carbonyl (C=O) groups excluding carboxylic acids is 2. The van der Waals surface area contributed by atoms with E-state index in [-0.39, 0.29) is 5.91 Å². The van der Waals surface area contributed by atoms with Crippen LogP contribution in [0.4, 0.5) is 5.13 Å². The molecule has 2 heterocycles. The van der Waals surface area contributed by atoms with E-state index in [1.54, 1.807) is 24.6 Å². The Morgan fingerprint density at radius 2 is 2.30 bits per heavy atom. The smallest absolute Gasteiger partial charge is 0.354 e. The number of hydrogen-bond donors (Lipinski definition) is 3. The number of nitrogens with zero attached hydrogens (tertiary/aromatic N) is 1. The molecule has 0 aliphatic carbocycles. The van der Waals surface area contributed by atoms with Crippen LogP contribution in [-0.4, -0.2) is 35.0 Å². The first-order valence-corrected chi connectivity index (χ1v) is 6.68. The number of nitrogens with two attached hydrogens (primary N) is 1. The van der Waals surface area contributed by atoms with Crippen molar-refractivity contribution < 1.29 is 14.3 Å². The number of aromatic amines is 1. The maximum atomic E-state index is 11.5. The maximum Gasteiger partial charge on any atom is 0.354 e. The predicted octanol–water partition coefficient (Wildman–Crippen LogP) is 1.21. The van der Waals surface area contributed by atoms with Crippen molar-refractivity contribution in [2.75, 3.05) is 12.4 Å². The Morgan fingerprint density at radius 1 is 1.55 bits per heavy atom. The molecule has 2 aromatic rings. The Hall–Kier alpha value is -2.19. The fourth-order valence-corrected chi connectivity index (χ4v) is 2.18. The van der Waals surface area contributed by atoms with E-state index in [9.17, 15) is 9.59 Å². The monoisotopic (exact) mass is 294 g/mol. The van der Waals surface area contributed by atoms with Crippen molar-refractivity contribution in [1.82, 2.24) is 9.97 Å². The zero-order valence-electron chi connectivity index (χ0n) is 11.0. The van der Waals surface area contributed by atoms with Crippen LogP contribution in [0.3, 0.4) is 0 Å². The molecule has 0 saturated heterocycles. The molecule has 0 aromatic carbocycles. The molecule has 0 fully saturated rings. The summed E-state index contributed by atoms with van der Waals surface area (Å²) in [6.45, 7) is 1.60. The van der Waals surface area contributed by atoms with Gasteiger partial charge in [-0.1, -0.05) is 0 Å². The summed E-state index contributed by atoms with van der Waals surface area (Å²) in [6, 6.07) is 1.04. The number of hydrogen-bond acceptors (Lipinski definition) is 6. The highest BCUT2D eigenvalue weighted by Gasteiger charge is 2.13. The average molecular weight is 294 g/mol. The molecule has 106 valence electrons. The summed E-state index contributed by atoms with van der Waals surface area (Å²) in [7, 11) is 1.31. The van der Waals surface area contributed by atoms with Crippen LogP contribution >= 0.6 is 11.3 Å². The summed E-state index contributed by atoms with van der Waals surface area (Å²) in [6.07, 6.45) is 1.65. The number of aromatic nitrogens is 2. The van der Waals surface area contributed by atoms with Crippen molar-refractivity contribution in [2.45, 2.75) is 13.0 Å². The highest BCUT2D eigenvalue weighted by Crippen LogP contribution is 2.25. The highest BCUT2D eigenvalue weighted by atomic mass is 32.1. The number of ether oxygens (including phenoxy) is 1. The summed E-state index contributed by atoms with van der Waals surface area (Å²) in [4.78, 5) is 29.9. The molecular weight excluding hydrogens is 280 g/mol. The van der Waals surface area contributed by atoms with Gasteiger partial charge in [-0.15, -0.1) is 11.3 Å². The lowest BCUT2D eigenvalue weighted by molar-refractivity contribution is -0.117. The van der Waals surface area contributed by atoms with Crippen LogP contribution in [0.2, 0.25) is 0 Å². The first-order chi connectivity index (χ1) is 9.51. The van der Waals surface area contributed by atoms with E-state index >= 15 is 0 Å². The van der Waals surface area contributed by atoms with E-state index in [1.807, 2.05) is 0 Å². The van der Waals surface area contributed by atoms with Crippen LogP contribution in [0.15, 0.2) is 17.6 Å². The summed E-state index contributed by atoms with van der Waals surface area (Å²) in [5, 5.41) is 4.85. The van der Waals surface area contributed by atoms with Gasteiger partial charge in [0.25, 0.3) is 0 Å². The molecule has 8 heteroatoms. The summed E-state index contributed by atoms with van der Waals surface area (Å²) >= 11 is 1.28. The number of thiazole rings is 1. The highest BCUT2D eigenvalue weighted by molar-refractivity contribution is 7.14. The Bertz CT molecular complexity index is 632. The summed E-state index contributed by atoms with van der Waals surface area (Å²) < 4.78 is 4.61. The van der Waals surface area contributed by atoms with E-state index in [0.717, 1.165) is 5.56 Å². The molecule has 1 unspecified atom stereocenters. The quantitative estimate of drug-likeness (QED) is 0.734. The normalized spacial score (nSPS) is 11.9. The number of nitrogens with one attached hydrogen (secondary N) is 2.